The molecular weight excluding hydrogens is 426 g/mol. The molecule has 6 nitrogen and oxygen atoms in total. The summed E-state index contributed by atoms with van der Waals surface area (Å²) in [5.74, 6) is 0.0241. The van der Waals surface area contributed by atoms with Crippen molar-refractivity contribution in [2.45, 2.75) is 6.54 Å². The van der Waals surface area contributed by atoms with Gasteiger partial charge < -0.3 is 18.8 Å². The molecule has 0 aliphatic heterocycles. The maximum Gasteiger partial charge on any atom is 0.344 e. The Morgan fingerprint density at radius 1 is 1.00 bits per heavy atom. The molecule has 142 valence electrons. The van der Waals surface area contributed by atoms with Gasteiger partial charge in [-0.05, 0) is 50.5 Å². The quantitative estimate of drug-likeness (QED) is 0.481. The SMILES string of the molecule is CN(C)Cc1c(O)ccc2c(-c3cc4cc(Br)ccc4oc3=O)cc(=O)oc12. The molecule has 0 aliphatic rings. The fourth-order valence-electron chi connectivity index (χ4n) is 3.25. The first kappa shape index (κ1) is 18.5. The second-order valence-corrected chi connectivity index (χ2v) is 7.70. The van der Waals surface area contributed by atoms with Gasteiger partial charge in [-0.1, -0.05) is 15.9 Å². The molecule has 2 heterocycles. The van der Waals surface area contributed by atoms with Crippen LogP contribution in [-0.4, -0.2) is 24.1 Å². The second-order valence-electron chi connectivity index (χ2n) is 6.79. The number of aromatic hydroxyl groups is 1. The van der Waals surface area contributed by atoms with Crippen LogP contribution in [0.25, 0.3) is 33.1 Å². The van der Waals surface area contributed by atoms with Crippen LogP contribution >= 0.6 is 15.9 Å². The molecule has 0 unspecified atom stereocenters. The summed E-state index contributed by atoms with van der Waals surface area (Å²) in [6.45, 7) is 0.370. The normalized spacial score (nSPS) is 11.6. The van der Waals surface area contributed by atoms with Crippen LogP contribution in [0.4, 0.5) is 0 Å². The van der Waals surface area contributed by atoms with Crippen LogP contribution in [-0.2, 0) is 6.54 Å². The average Bonchev–Trinajstić information content (AvgIpc) is 2.63. The molecule has 7 heteroatoms. The molecule has 0 fully saturated rings. The van der Waals surface area contributed by atoms with E-state index in [1.165, 1.54) is 12.1 Å². The fourth-order valence-corrected chi connectivity index (χ4v) is 3.62. The van der Waals surface area contributed by atoms with Gasteiger partial charge in [-0.3, -0.25) is 0 Å². The first-order valence-corrected chi connectivity index (χ1v) is 9.30. The summed E-state index contributed by atoms with van der Waals surface area (Å²) in [6, 6.07) is 11.5. The zero-order valence-corrected chi connectivity index (χ0v) is 16.7. The van der Waals surface area contributed by atoms with E-state index in [1.54, 1.807) is 24.3 Å². The highest BCUT2D eigenvalue weighted by molar-refractivity contribution is 9.10. The number of benzene rings is 2. The zero-order chi connectivity index (χ0) is 20.0. The number of hydrogen-bond donors (Lipinski definition) is 1. The first-order valence-electron chi connectivity index (χ1n) is 8.50. The van der Waals surface area contributed by atoms with E-state index in [1.807, 2.05) is 25.1 Å². The minimum absolute atomic E-state index is 0.0241. The molecule has 4 aromatic rings. The molecule has 4 rings (SSSR count). The highest BCUT2D eigenvalue weighted by Crippen LogP contribution is 2.33. The number of nitrogens with zero attached hydrogens (tertiary/aromatic N) is 1. The molecule has 2 aromatic heterocycles. The van der Waals surface area contributed by atoms with Gasteiger partial charge in [0.2, 0.25) is 0 Å². The summed E-state index contributed by atoms with van der Waals surface area (Å²) in [4.78, 5) is 26.7. The molecule has 28 heavy (non-hydrogen) atoms. The maximum absolute atomic E-state index is 12.6. The predicted octanol–water partition coefficient (Wildman–Crippen LogP) is 4.10. The fraction of sp³-hybridized carbons (Fsp3) is 0.143. The van der Waals surface area contributed by atoms with Crippen molar-refractivity contribution in [3.8, 4) is 16.9 Å². The van der Waals surface area contributed by atoms with E-state index in [-0.39, 0.29) is 16.9 Å². The minimum Gasteiger partial charge on any atom is -0.507 e. The van der Waals surface area contributed by atoms with Crippen molar-refractivity contribution in [2.24, 2.45) is 0 Å². The third-order valence-corrected chi connectivity index (χ3v) is 4.94. The van der Waals surface area contributed by atoms with Crippen molar-refractivity contribution in [1.29, 1.82) is 0 Å². The summed E-state index contributed by atoms with van der Waals surface area (Å²) in [5, 5.41) is 11.5. The molecule has 2 aromatic carbocycles. The summed E-state index contributed by atoms with van der Waals surface area (Å²) < 4.78 is 11.7. The van der Waals surface area contributed by atoms with Crippen molar-refractivity contribution in [3.05, 3.63) is 73.3 Å². The van der Waals surface area contributed by atoms with Crippen molar-refractivity contribution in [1.82, 2.24) is 4.90 Å². The Hall–Kier alpha value is -2.90. The summed E-state index contributed by atoms with van der Waals surface area (Å²) in [7, 11) is 3.69. The van der Waals surface area contributed by atoms with Crippen LogP contribution < -0.4 is 11.3 Å². The van der Waals surface area contributed by atoms with E-state index >= 15 is 0 Å². The van der Waals surface area contributed by atoms with E-state index in [0.29, 0.717) is 28.6 Å². The zero-order valence-electron chi connectivity index (χ0n) is 15.2. The van der Waals surface area contributed by atoms with Gasteiger partial charge in [-0.25, -0.2) is 9.59 Å². The monoisotopic (exact) mass is 441 g/mol. The largest absolute Gasteiger partial charge is 0.507 e. The highest BCUT2D eigenvalue weighted by atomic mass is 79.9. The van der Waals surface area contributed by atoms with Gasteiger partial charge >= 0.3 is 11.3 Å². The van der Waals surface area contributed by atoms with Gasteiger partial charge in [0.25, 0.3) is 0 Å². The average molecular weight is 442 g/mol. The Kier molecular flexibility index (Phi) is 4.56. The Balaban J connectivity index is 2.07. The van der Waals surface area contributed by atoms with Crippen LogP contribution in [0.5, 0.6) is 5.75 Å². The number of halogens is 1. The summed E-state index contributed by atoms with van der Waals surface area (Å²) in [5.41, 5.74) is 0.687. The first-order chi connectivity index (χ1) is 13.3. The number of hydrogen-bond acceptors (Lipinski definition) is 6. The predicted molar refractivity (Wildman–Crippen MR) is 111 cm³/mol. The lowest BCUT2D eigenvalue weighted by Gasteiger charge is -2.14. The molecule has 0 amide bonds. The van der Waals surface area contributed by atoms with E-state index < -0.39 is 11.3 Å². The molecule has 0 saturated heterocycles. The second kappa shape index (κ2) is 6.92. The van der Waals surface area contributed by atoms with E-state index in [2.05, 4.69) is 15.9 Å². The molecule has 0 radical (unpaired) electrons. The molecular formula is C21H16BrNO5. The third kappa shape index (κ3) is 3.23. The highest BCUT2D eigenvalue weighted by Gasteiger charge is 2.18. The van der Waals surface area contributed by atoms with E-state index in [9.17, 15) is 14.7 Å². The number of fused-ring (bicyclic) bond motifs is 2. The van der Waals surface area contributed by atoms with Gasteiger partial charge in [0.1, 0.15) is 16.9 Å². The van der Waals surface area contributed by atoms with Gasteiger partial charge in [0, 0.05) is 33.4 Å². The van der Waals surface area contributed by atoms with E-state index in [0.717, 1.165) is 9.86 Å². The van der Waals surface area contributed by atoms with Crippen molar-refractivity contribution in [2.75, 3.05) is 14.1 Å². The lowest BCUT2D eigenvalue weighted by Crippen LogP contribution is -2.12. The van der Waals surface area contributed by atoms with Crippen LogP contribution in [0, 0.1) is 0 Å². The van der Waals surface area contributed by atoms with E-state index in [4.69, 9.17) is 8.83 Å². The minimum atomic E-state index is -0.609. The Morgan fingerprint density at radius 2 is 1.79 bits per heavy atom. The van der Waals surface area contributed by atoms with Gasteiger partial charge in [-0.2, -0.15) is 0 Å². The van der Waals surface area contributed by atoms with Gasteiger partial charge in [0.05, 0.1) is 11.1 Å². The van der Waals surface area contributed by atoms with Crippen LogP contribution in [0.15, 0.2) is 65.4 Å². The Morgan fingerprint density at radius 3 is 2.54 bits per heavy atom. The molecule has 1 N–H and O–H groups in total. The molecule has 0 aliphatic carbocycles. The van der Waals surface area contributed by atoms with Gasteiger partial charge in [0.15, 0.2) is 0 Å². The molecule has 0 atom stereocenters. The van der Waals surface area contributed by atoms with Crippen molar-refractivity contribution >= 4 is 37.9 Å². The van der Waals surface area contributed by atoms with Crippen molar-refractivity contribution < 1.29 is 13.9 Å². The number of phenols is 1. The van der Waals surface area contributed by atoms with Crippen LogP contribution in [0.2, 0.25) is 0 Å². The number of phenolic OH excluding ortho intramolecular Hbond substituents is 1. The molecule has 0 bridgehead atoms. The Labute approximate surface area is 167 Å². The molecule has 0 spiro atoms. The summed E-state index contributed by atoms with van der Waals surface area (Å²) >= 11 is 3.41. The number of rotatable bonds is 3. The van der Waals surface area contributed by atoms with Crippen molar-refractivity contribution in [3.63, 3.8) is 0 Å². The smallest absolute Gasteiger partial charge is 0.344 e. The maximum atomic E-state index is 12.6. The van der Waals surface area contributed by atoms with Gasteiger partial charge in [-0.15, -0.1) is 0 Å². The lowest BCUT2D eigenvalue weighted by molar-refractivity contribution is 0.383. The van der Waals surface area contributed by atoms with Crippen LogP contribution in [0.1, 0.15) is 5.56 Å². The summed E-state index contributed by atoms with van der Waals surface area (Å²) in [6.07, 6.45) is 0. The standard InChI is InChI=1S/C21H16BrNO5/c1-23(2)10-16-17(24)5-4-13-14(9-19(25)28-20(13)16)15-8-11-7-12(22)3-6-18(11)27-21(15)26/h3-9,24H,10H2,1-2H3. The van der Waals surface area contributed by atoms with Crippen LogP contribution in [0.3, 0.4) is 0 Å². The molecule has 0 saturated carbocycles. The topological polar surface area (TPSA) is 83.9 Å². The third-order valence-electron chi connectivity index (χ3n) is 4.45. The Bertz CT molecular complexity index is 1340. The lowest BCUT2D eigenvalue weighted by atomic mass is 10.00.